The maximum absolute atomic E-state index is 13.3. The summed E-state index contributed by atoms with van der Waals surface area (Å²) in [6.45, 7) is 0.212. The lowest BCUT2D eigenvalue weighted by molar-refractivity contribution is -0.141. The summed E-state index contributed by atoms with van der Waals surface area (Å²) in [6.07, 6.45) is 1.57. The van der Waals surface area contributed by atoms with Crippen LogP contribution >= 0.6 is 0 Å². The molecule has 2 bridgehead atoms. The fourth-order valence-electron chi connectivity index (χ4n) is 5.45. The third-order valence-electron chi connectivity index (χ3n) is 6.43. The number of amides is 2. The smallest absolute Gasteiger partial charge is 0.234 e. The highest BCUT2D eigenvalue weighted by atomic mass is 16.3. The van der Waals surface area contributed by atoms with Gasteiger partial charge in [0.25, 0.3) is 0 Å². The monoisotopic (exact) mass is 355 g/mol. The molecule has 0 radical (unpaired) electrons. The van der Waals surface area contributed by atoms with E-state index in [1.165, 1.54) is 27.2 Å². The zero-order valence-corrected chi connectivity index (χ0v) is 14.5. The van der Waals surface area contributed by atoms with E-state index in [1.807, 2.05) is 24.3 Å². The summed E-state index contributed by atoms with van der Waals surface area (Å²) in [5, 5.41) is 0. The molecular formula is C23H17NO3. The van der Waals surface area contributed by atoms with Gasteiger partial charge in [-0.25, -0.2) is 0 Å². The molecule has 2 atom stereocenters. The highest BCUT2D eigenvalue weighted by molar-refractivity contribution is 6.07. The summed E-state index contributed by atoms with van der Waals surface area (Å²) in [4.78, 5) is 28.1. The van der Waals surface area contributed by atoms with E-state index >= 15 is 0 Å². The zero-order chi connectivity index (χ0) is 18.1. The first-order valence-corrected chi connectivity index (χ1v) is 9.31. The number of benzene rings is 2. The van der Waals surface area contributed by atoms with Crippen molar-refractivity contribution >= 4 is 11.8 Å². The molecule has 1 fully saturated rings. The minimum absolute atomic E-state index is 0.0505. The lowest BCUT2D eigenvalue weighted by Gasteiger charge is -2.45. The second kappa shape index (κ2) is 5.19. The SMILES string of the molecule is O=C1[C@@H]2C3c4ccccc4C(c4ccccc43)[C@H]2C(=O)N1Cc1ccco1. The standard InChI is InChI=1S/C23H17NO3/c25-22-20-18-14-7-1-2-8-15(14)19(17-10-4-3-9-16(17)18)21(20)23(26)24(22)12-13-6-5-11-27-13/h1-11,18-21H,12H2/t18?,19?,20-,21-/m1/s1. The Morgan fingerprint density at radius 2 is 1.19 bits per heavy atom. The van der Waals surface area contributed by atoms with Crippen LogP contribution < -0.4 is 0 Å². The Morgan fingerprint density at radius 1 is 0.704 bits per heavy atom. The third kappa shape index (κ3) is 1.82. The molecule has 1 aliphatic heterocycles. The minimum atomic E-state index is -0.317. The molecule has 2 amide bonds. The average molecular weight is 355 g/mol. The van der Waals surface area contributed by atoms with E-state index in [9.17, 15) is 9.59 Å². The number of nitrogens with zero attached hydrogens (tertiary/aromatic N) is 1. The largest absolute Gasteiger partial charge is 0.467 e. The number of likely N-dealkylation sites (tertiary alicyclic amines) is 1. The van der Waals surface area contributed by atoms with E-state index in [4.69, 9.17) is 4.42 Å². The molecule has 1 saturated heterocycles. The van der Waals surface area contributed by atoms with Gasteiger partial charge in [0.2, 0.25) is 11.8 Å². The van der Waals surface area contributed by atoms with Crippen molar-refractivity contribution in [3.63, 3.8) is 0 Å². The van der Waals surface area contributed by atoms with Crippen molar-refractivity contribution in [2.24, 2.45) is 11.8 Å². The number of carbonyl (C=O) groups excluding carboxylic acids is 2. The molecule has 0 unspecified atom stereocenters. The molecule has 2 aromatic carbocycles. The van der Waals surface area contributed by atoms with Crippen LogP contribution in [0.25, 0.3) is 0 Å². The summed E-state index contributed by atoms with van der Waals surface area (Å²) >= 11 is 0. The molecule has 2 heterocycles. The molecule has 0 saturated carbocycles. The molecular weight excluding hydrogens is 338 g/mol. The van der Waals surface area contributed by atoms with E-state index in [0.717, 1.165) is 0 Å². The zero-order valence-electron chi connectivity index (χ0n) is 14.5. The van der Waals surface area contributed by atoms with Crippen LogP contribution in [0.1, 0.15) is 39.8 Å². The topological polar surface area (TPSA) is 50.5 Å². The predicted octanol–water partition coefficient (Wildman–Crippen LogP) is 3.67. The number of carbonyl (C=O) groups is 2. The highest BCUT2D eigenvalue weighted by Gasteiger charge is 2.61. The van der Waals surface area contributed by atoms with Crippen molar-refractivity contribution in [1.82, 2.24) is 4.90 Å². The van der Waals surface area contributed by atoms with Crippen LogP contribution in [0.4, 0.5) is 0 Å². The molecule has 1 aromatic heterocycles. The molecule has 4 nitrogen and oxygen atoms in total. The van der Waals surface area contributed by atoms with Gasteiger partial charge in [-0.05, 0) is 34.4 Å². The van der Waals surface area contributed by atoms with Crippen molar-refractivity contribution < 1.29 is 14.0 Å². The molecule has 0 N–H and O–H groups in total. The summed E-state index contributed by atoms with van der Waals surface area (Å²) in [7, 11) is 0. The molecule has 27 heavy (non-hydrogen) atoms. The van der Waals surface area contributed by atoms with E-state index < -0.39 is 0 Å². The maximum atomic E-state index is 13.3. The number of furan rings is 1. The number of imide groups is 1. The van der Waals surface area contributed by atoms with Crippen LogP contribution in [0.5, 0.6) is 0 Å². The first-order valence-electron chi connectivity index (χ1n) is 9.31. The quantitative estimate of drug-likeness (QED) is 0.659. The van der Waals surface area contributed by atoms with Gasteiger partial charge in [-0.3, -0.25) is 14.5 Å². The van der Waals surface area contributed by atoms with Gasteiger partial charge in [-0.2, -0.15) is 0 Å². The number of rotatable bonds is 2. The first kappa shape index (κ1) is 15.0. The van der Waals surface area contributed by atoms with Crippen molar-refractivity contribution in [3.8, 4) is 0 Å². The van der Waals surface area contributed by atoms with Gasteiger partial charge < -0.3 is 4.42 Å². The molecule has 7 rings (SSSR count). The fraction of sp³-hybridized carbons (Fsp3) is 0.217. The molecule has 132 valence electrons. The van der Waals surface area contributed by atoms with Gasteiger partial charge in [0.15, 0.2) is 0 Å². The van der Waals surface area contributed by atoms with E-state index in [1.54, 1.807) is 18.4 Å². The van der Waals surface area contributed by atoms with Crippen molar-refractivity contribution in [2.45, 2.75) is 18.4 Å². The Labute approximate surface area is 156 Å². The van der Waals surface area contributed by atoms with Gasteiger partial charge in [0.1, 0.15) is 5.76 Å². The van der Waals surface area contributed by atoms with Gasteiger partial charge >= 0.3 is 0 Å². The number of hydrogen-bond acceptors (Lipinski definition) is 3. The second-order valence-corrected chi connectivity index (χ2v) is 7.61. The Bertz CT molecular complexity index is 969. The maximum Gasteiger partial charge on any atom is 0.234 e. The van der Waals surface area contributed by atoms with Crippen LogP contribution in [0.2, 0.25) is 0 Å². The third-order valence-corrected chi connectivity index (χ3v) is 6.43. The van der Waals surface area contributed by atoms with Crippen LogP contribution in [0.3, 0.4) is 0 Å². The molecule has 3 aromatic rings. The minimum Gasteiger partial charge on any atom is -0.467 e. The van der Waals surface area contributed by atoms with Crippen molar-refractivity contribution in [2.75, 3.05) is 0 Å². The van der Waals surface area contributed by atoms with E-state index in [-0.39, 0.29) is 42.0 Å². The Kier molecular flexibility index (Phi) is 2.88. The number of hydrogen-bond donors (Lipinski definition) is 0. The van der Waals surface area contributed by atoms with Gasteiger partial charge in [0, 0.05) is 11.8 Å². The van der Waals surface area contributed by atoms with Gasteiger partial charge in [0.05, 0.1) is 24.6 Å². The fourth-order valence-corrected chi connectivity index (χ4v) is 5.45. The highest BCUT2D eigenvalue weighted by Crippen LogP contribution is 2.61. The van der Waals surface area contributed by atoms with Crippen molar-refractivity contribution in [1.29, 1.82) is 0 Å². The Balaban J connectivity index is 1.53. The Hall–Kier alpha value is -3.14. The van der Waals surface area contributed by atoms with Crippen LogP contribution in [0.15, 0.2) is 71.3 Å². The van der Waals surface area contributed by atoms with E-state index in [0.29, 0.717) is 5.76 Å². The molecule has 0 spiro atoms. The molecule has 3 aliphatic carbocycles. The first-order chi connectivity index (χ1) is 13.3. The van der Waals surface area contributed by atoms with Crippen LogP contribution in [0, 0.1) is 11.8 Å². The van der Waals surface area contributed by atoms with Crippen LogP contribution in [-0.2, 0) is 16.1 Å². The molecule has 4 heteroatoms. The lowest BCUT2D eigenvalue weighted by Crippen LogP contribution is -2.41. The summed E-state index contributed by atoms with van der Waals surface area (Å²) in [6, 6.07) is 20.2. The van der Waals surface area contributed by atoms with Gasteiger partial charge in [-0.15, -0.1) is 0 Å². The Morgan fingerprint density at radius 3 is 1.59 bits per heavy atom. The summed E-state index contributed by atoms with van der Waals surface area (Å²) in [5.41, 5.74) is 4.79. The summed E-state index contributed by atoms with van der Waals surface area (Å²) in [5.74, 6) is -0.237. The van der Waals surface area contributed by atoms with Gasteiger partial charge in [-0.1, -0.05) is 48.5 Å². The summed E-state index contributed by atoms with van der Waals surface area (Å²) < 4.78 is 5.39. The normalized spacial score (nSPS) is 27.5. The average Bonchev–Trinajstić information content (AvgIpc) is 3.31. The predicted molar refractivity (Wildman–Crippen MR) is 97.8 cm³/mol. The lowest BCUT2D eigenvalue weighted by atomic mass is 9.55. The van der Waals surface area contributed by atoms with Crippen molar-refractivity contribution in [3.05, 3.63) is 94.9 Å². The molecule has 4 aliphatic rings. The second-order valence-electron chi connectivity index (χ2n) is 7.61. The van der Waals surface area contributed by atoms with E-state index in [2.05, 4.69) is 24.3 Å². The van der Waals surface area contributed by atoms with Crippen LogP contribution in [-0.4, -0.2) is 16.7 Å².